The van der Waals surface area contributed by atoms with Crippen molar-refractivity contribution < 1.29 is 138 Å². The molecule has 98 valence electrons. The van der Waals surface area contributed by atoms with Gasteiger partial charge >= 0.3 is 78.7 Å². The van der Waals surface area contributed by atoms with Crippen molar-refractivity contribution in [2.75, 3.05) is 0 Å². The van der Waals surface area contributed by atoms with Crippen LogP contribution < -0.4 is 107 Å². The molecule has 0 aromatic carbocycles. The van der Waals surface area contributed by atoms with Gasteiger partial charge in [0.25, 0.3) is 0 Å². The van der Waals surface area contributed by atoms with Crippen molar-refractivity contribution in [1.29, 1.82) is 0 Å². The molecule has 17 heteroatoms. The molecule has 0 saturated carbocycles. The predicted octanol–water partition coefficient (Wildman–Crippen LogP) is -17.6. The van der Waals surface area contributed by atoms with E-state index < -0.39 is 30.7 Å². The predicted molar refractivity (Wildman–Crippen MR) is 5.75 cm³/mol. The fourth-order valence-electron chi connectivity index (χ4n) is 0. The average Bonchev–Trinajstić information content (AvgIpc) is 1.41. The van der Waals surface area contributed by atoms with Gasteiger partial charge in [-0.2, -0.15) is 0 Å². The van der Waals surface area contributed by atoms with Crippen molar-refractivity contribution in [3.05, 3.63) is 0 Å². The zero-order valence-electron chi connectivity index (χ0n) is 7.53. The number of hydrogen-bond acceptors (Lipinski definition) is 12. The fourth-order valence-corrected chi connectivity index (χ4v) is 0. The van der Waals surface area contributed by atoms with Crippen molar-refractivity contribution in [3.63, 3.8) is 0 Å². The van der Waals surface area contributed by atoms with Crippen LogP contribution in [-0.2, 0) is 0 Å². The molecule has 0 aromatic heterocycles. The first-order valence-electron chi connectivity index (χ1n) is 1.85. The first-order chi connectivity index (χ1) is 6.00. The molecule has 0 atom stereocenters. The molecule has 0 rings (SSSR count). The van der Waals surface area contributed by atoms with Gasteiger partial charge < -0.3 is 0 Å². The minimum atomic E-state index is -4.94. The minimum absolute atomic E-state index is 0. The SMILES string of the molecule is [K+].[O-][Cl+3]([O-])([O-])[O-].[O-][Cl+3]([O-])([O-])[O-].[O-][Cl+3]([O-])([O-])[O-].[Pb+2]. The van der Waals surface area contributed by atoms with E-state index in [1.165, 1.54) is 0 Å². The summed E-state index contributed by atoms with van der Waals surface area (Å²) in [6, 6.07) is 0. The molecule has 0 N–H and O–H groups in total. The van der Waals surface area contributed by atoms with Crippen LogP contribution in [0.3, 0.4) is 0 Å². The Morgan fingerprint density at radius 3 is 0.353 bits per heavy atom. The fraction of sp³-hybridized carbons (Fsp3) is 0. The van der Waals surface area contributed by atoms with Gasteiger partial charge in [0.15, 0.2) is 0 Å². The molecule has 2 radical (unpaired) electrons. The monoisotopic (exact) mass is 544 g/mol. The molecule has 0 saturated heterocycles. The zero-order valence-corrected chi connectivity index (χ0v) is 16.8. The quantitative estimate of drug-likeness (QED) is 0.257. The number of halogens is 3. The minimum Gasteiger partial charge on any atom is -0.222 e. The third kappa shape index (κ3) is 626. The van der Waals surface area contributed by atoms with E-state index in [1.807, 2.05) is 0 Å². The first-order valence-corrected chi connectivity index (χ1v) is 5.55. The topological polar surface area (TPSA) is 277 Å². The molecule has 12 nitrogen and oxygen atoms in total. The summed E-state index contributed by atoms with van der Waals surface area (Å²) in [4.78, 5) is 0. The summed E-state index contributed by atoms with van der Waals surface area (Å²) in [7, 11) is -14.8. The Balaban J connectivity index is -0.0000000400. The summed E-state index contributed by atoms with van der Waals surface area (Å²) in [6.07, 6.45) is 0. The second kappa shape index (κ2) is 13.9. The van der Waals surface area contributed by atoms with Crippen LogP contribution in [0, 0.1) is 30.7 Å². The van der Waals surface area contributed by atoms with Gasteiger partial charge in [-0.3, -0.25) is 0 Å². The molecule has 17 heavy (non-hydrogen) atoms. The Hall–Kier alpha value is 2.95. The van der Waals surface area contributed by atoms with Crippen molar-refractivity contribution in [2.24, 2.45) is 0 Å². The third-order valence-corrected chi connectivity index (χ3v) is 0. The largest absolute Gasteiger partial charge is 2.00 e. The van der Waals surface area contributed by atoms with Crippen LogP contribution >= 0.6 is 0 Å². The standard InChI is InChI=1S/3ClHO4.K.Pb/c3*2-1(3,4)5;;/h3*(H,2,3,4,5);;/q;;;+1;+2/p-3. The molecule has 0 fully saturated rings. The molecule has 0 aliphatic heterocycles. The van der Waals surface area contributed by atoms with Crippen LogP contribution in [0.15, 0.2) is 0 Å². The van der Waals surface area contributed by atoms with Gasteiger partial charge in [-0.25, -0.2) is 55.9 Å². The normalized spacial score (nSPS) is 10.6. The van der Waals surface area contributed by atoms with Crippen molar-refractivity contribution in [1.82, 2.24) is 0 Å². The van der Waals surface area contributed by atoms with E-state index in [1.54, 1.807) is 0 Å². The van der Waals surface area contributed by atoms with Crippen LogP contribution in [0.2, 0.25) is 0 Å². The molecule has 0 spiro atoms. The average molecular weight is 545 g/mol. The van der Waals surface area contributed by atoms with Crippen LogP contribution in [0.5, 0.6) is 0 Å². The molecule has 0 amide bonds. The Labute approximate surface area is 163 Å². The summed E-state index contributed by atoms with van der Waals surface area (Å²) in [5.41, 5.74) is 0. The number of rotatable bonds is 0. The maximum absolute atomic E-state index is 8.49. The Morgan fingerprint density at radius 2 is 0.353 bits per heavy atom. The van der Waals surface area contributed by atoms with Crippen molar-refractivity contribution >= 4 is 27.3 Å². The second-order valence-corrected chi connectivity index (χ2v) is 3.40. The molecule has 0 unspecified atom stereocenters. The third-order valence-electron chi connectivity index (χ3n) is 0. The van der Waals surface area contributed by atoms with Crippen molar-refractivity contribution in [3.8, 4) is 0 Å². The summed E-state index contributed by atoms with van der Waals surface area (Å²) in [5, 5.41) is 0. The van der Waals surface area contributed by atoms with E-state index in [0.717, 1.165) is 0 Å². The van der Waals surface area contributed by atoms with Crippen LogP contribution in [0.1, 0.15) is 0 Å². The first kappa shape index (κ1) is 32.1. The van der Waals surface area contributed by atoms with Crippen LogP contribution in [0.25, 0.3) is 0 Å². The van der Waals surface area contributed by atoms with E-state index in [9.17, 15) is 0 Å². The Morgan fingerprint density at radius 1 is 0.353 bits per heavy atom. The molecule has 0 heterocycles. The van der Waals surface area contributed by atoms with Gasteiger partial charge in [0.05, 0.1) is 0 Å². The van der Waals surface area contributed by atoms with E-state index >= 15 is 0 Å². The van der Waals surface area contributed by atoms with Crippen LogP contribution in [-0.4, -0.2) is 27.3 Å². The molecule has 0 bridgehead atoms. The van der Waals surface area contributed by atoms with Gasteiger partial charge in [0.1, 0.15) is 0 Å². The van der Waals surface area contributed by atoms with Gasteiger partial charge in [-0.05, 0) is 0 Å². The zero-order chi connectivity index (χ0) is 13.5. The number of hydrogen-bond donors (Lipinski definition) is 0. The van der Waals surface area contributed by atoms with E-state index in [-0.39, 0.29) is 78.7 Å². The molecular weight excluding hydrogens is 545 g/mol. The van der Waals surface area contributed by atoms with E-state index in [0.29, 0.717) is 0 Å². The summed E-state index contributed by atoms with van der Waals surface area (Å²) in [5.74, 6) is 0. The van der Waals surface area contributed by atoms with E-state index in [2.05, 4.69) is 0 Å². The van der Waals surface area contributed by atoms with Crippen LogP contribution in [0.4, 0.5) is 0 Å². The molecule has 0 aliphatic rings. The summed E-state index contributed by atoms with van der Waals surface area (Å²) in [6.45, 7) is 0. The smallest absolute Gasteiger partial charge is 0.222 e. The molecule has 0 aliphatic carbocycles. The van der Waals surface area contributed by atoms with Gasteiger partial charge in [-0.15, -0.1) is 30.7 Å². The van der Waals surface area contributed by atoms with Crippen molar-refractivity contribution in [2.45, 2.75) is 0 Å². The van der Waals surface area contributed by atoms with Gasteiger partial charge in [0.2, 0.25) is 0 Å². The maximum atomic E-state index is 8.49. The molecule has 0 aromatic rings. The van der Waals surface area contributed by atoms with E-state index in [4.69, 9.17) is 55.9 Å². The summed E-state index contributed by atoms with van der Waals surface area (Å²) < 4.78 is 102. The summed E-state index contributed by atoms with van der Waals surface area (Å²) >= 11 is 0. The Bertz CT molecular complexity index is 96.8. The van der Waals surface area contributed by atoms with Gasteiger partial charge in [-0.1, -0.05) is 0 Å². The molecular formula is Cl3KO12Pb. The van der Waals surface area contributed by atoms with Gasteiger partial charge in [0, 0.05) is 0 Å². The second-order valence-electron chi connectivity index (χ2n) is 1.13. The maximum Gasteiger partial charge on any atom is 2.00 e. The Kier molecular flexibility index (Phi) is 26.2.